The lowest BCUT2D eigenvalue weighted by atomic mass is 10.2. The Morgan fingerprint density at radius 1 is 1.62 bits per heavy atom. The molecule has 0 fully saturated rings. The molecule has 0 spiro atoms. The summed E-state index contributed by atoms with van der Waals surface area (Å²) in [5.41, 5.74) is 0. The molecule has 0 aliphatic heterocycles. The maximum atomic E-state index is 10.8. The lowest BCUT2D eigenvalue weighted by Gasteiger charge is -2.15. The fraction of sp³-hybridized carbons (Fsp3) is 0.875. The summed E-state index contributed by atoms with van der Waals surface area (Å²) < 4.78 is 22.2. The van der Waals surface area contributed by atoms with E-state index in [-0.39, 0.29) is 18.7 Å². The van der Waals surface area contributed by atoms with Gasteiger partial charge in [-0.05, 0) is 19.3 Å². The molecular weight excluding hydrogens is 235 g/mol. The standard InChI is InChI=1S/C8H19N2O5P/c1-7(11)10-8(15-2)5-3-4-6-9-16(12,13)14/h8H,3-6H2,1-2H3,(H,10,11)(H3,9,12,13,14)/t8-/m1/s1/i/hD. The minimum absolute atomic E-state index is 0.169. The van der Waals surface area contributed by atoms with Crippen LogP contribution in [0, 0.1) is 0 Å². The fourth-order valence-corrected chi connectivity index (χ4v) is 1.59. The highest BCUT2D eigenvalue weighted by molar-refractivity contribution is 7.49. The SMILES string of the molecule is [2H]OP(=O)(O)NCCCC[C@H](NC(C)=O)OC. The van der Waals surface area contributed by atoms with Gasteiger partial charge in [-0.25, -0.2) is 9.65 Å². The number of amides is 1. The van der Waals surface area contributed by atoms with Gasteiger partial charge in [0.25, 0.3) is 0 Å². The smallest absolute Gasteiger partial charge is 0.362 e. The van der Waals surface area contributed by atoms with Crippen molar-refractivity contribution in [3.8, 4) is 0 Å². The average molecular weight is 255 g/mol. The first kappa shape index (κ1) is 13.6. The van der Waals surface area contributed by atoms with E-state index in [1.54, 1.807) is 0 Å². The van der Waals surface area contributed by atoms with E-state index in [1.807, 2.05) is 0 Å². The van der Waals surface area contributed by atoms with Gasteiger partial charge in [0.1, 0.15) is 6.23 Å². The summed E-state index contributed by atoms with van der Waals surface area (Å²) in [4.78, 5) is 23.2. The van der Waals surface area contributed by atoms with Gasteiger partial charge in [-0.2, -0.15) is 0 Å². The first-order valence-corrected chi connectivity index (χ1v) is 6.51. The van der Waals surface area contributed by atoms with Crippen molar-refractivity contribution >= 4 is 13.7 Å². The molecule has 0 aliphatic rings. The number of hydrogen-bond acceptors (Lipinski definition) is 4. The molecule has 7 nitrogen and oxygen atoms in total. The molecule has 0 aromatic rings. The predicted octanol–water partition coefficient (Wildman–Crippen LogP) is -0.0524. The van der Waals surface area contributed by atoms with Crippen molar-refractivity contribution in [1.29, 1.82) is 1.43 Å². The van der Waals surface area contributed by atoms with Gasteiger partial charge in [-0.1, -0.05) is 0 Å². The molecule has 0 aromatic heterocycles. The number of carbonyl (C=O) groups excluding carboxylic acids is 1. The molecule has 0 saturated carbocycles. The molecule has 96 valence electrons. The molecule has 0 aromatic carbocycles. The van der Waals surface area contributed by atoms with Crippen LogP contribution in [0.2, 0.25) is 0 Å². The Balaban J connectivity index is 3.62. The summed E-state index contributed by atoms with van der Waals surface area (Å²) in [6.45, 7) is 1.66. The molecule has 1 unspecified atom stereocenters. The normalized spacial score (nSPS) is 17.3. The highest BCUT2D eigenvalue weighted by atomic mass is 31.2. The molecule has 0 saturated heterocycles. The maximum absolute atomic E-state index is 10.8. The van der Waals surface area contributed by atoms with Gasteiger partial charge in [0.05, 0.1) is 0 Å². The van der Waals surface area contributed by atoms with Crippen LogP contribution >= 0.6 is 7.75 Å². The Bertz CT molecular complexity index is 279. The second kappa shape index (κ2) is 7.76. The third-order valence-corrected chi connectivity index (χ3v) is 2.48. The molecule has 0 aliphatic carbocycles. The molecule has 0 heterocycles. The summed E-state index contributed by atoms with van der Waals surface area (Å²) in [7, 11) is -2.46. The van der Waals surface area contributed by atoms with Crippen molar-refractivity contribution in [1.82, 2.24) is 10.4 Å². The van der Waals surface area contributed by atoms with Crippen LogP contribution in [-0.2, 0) is 14.1 Å². The second-order valence-electron chi connectivity index (χ2n) is 3.35. The third kappa shape index (κ3) is 10.1. The Morgan fingerprint density at radius 3 is 2.81 bits per heavy atom. The van der Waals surface area contributed by atoms with Gasteiger partial charge in [0.2, 0.25) is 7.34 Å². The van der Waals surface area contributed by atoms with E-state index in [4.69, 9.17) is 11.1 Å². The molecule has 0 rings (SSSR count). The zero-order chi connectivity index (χ0) is 13.3. The molecule has 8 heteroatoms. The summed E-state index contributed by atoms with van der Waals surface area (Å²) in [6.07, 6.45) is 1.56. The van der Waals surface area contributed by atoms with Crippen molar-refractivity contribution in [2.45, 2.75) is 32.4 Å². The number of ether oxygens (including phenoxy) is 1. The largest absolute Gasteiger partial charge is 0.400 e. The summed E-state index contributed by atoms with van der Waals surface area (Å²) in [5.74, 6) is -0.169. The molecule has 0 bridgehead atoms. The van der Waals surface area contributed by atoms with Crippen LogP contribution in [0.25, 0.3) is 0 Å². The van der Waals surface area contributed by atoms with Gasteiger partial charge < -0.3 is 19.8 Å². The van der Waals surface area contributed by atoms with Gasteiger partial charge in [-0.15, -0.1) is 0 Å². The Hall–Kier alpha value is -0.460. The van der Waals surface area contributed by atoms with E-state index in [2.05, 4.69) is 15.3 Å². The van der Waals surface area contributed by atoms with Crippen LogP contribution in [0.4, 0.5) is 0 Å². The molecule has 0 radical (unpaired) electrons. The zero-order valence-corrected chi connectivity index (χ0v) is 10.3. The van der Waals surface area contributed by atoms with E-state index in [0.29, 0.717) is 19.3 Å². The molecule has 4 N–H and O–H groups in total. The minimum atomic E-state index is -3.95. The first-order valence-electron chi connectivity index (χ1n) is 5.35. The van der Waals surface area contributed by atoms with Crippen molar-refractivity contribution in [3.63, 3.8) is 0 Å². The highest BCUT2D eigenvalue weighted by Gasteiger charge is 2.11. The summed E-state index contributed by atoms with van der Waals surface area (Å²) in [5, 5.41) is 4.82. The van der Waals surface area contributed by atoms with Crippen molar-refractivity contribution in [3.05, 3.63) is 0 Å². The van der Waals surface area contributed by atoms with Crippen molar-refractivity contribution < 1.29 is 23.9 Å². The monoisotopic (exact) mass is 255 g/mol. The predicted molar refractivity (Wildman–Crippen MR) is 58.5 cm³/mol. The van der Waals surface area contributed by atoms with E-state index in [9.17, 15) is 9.36 Å². The number of hydrogen-bond donors (Lipinski definition) is 4. The van der Waals surface area contributed by atoms with Gasteiger partial charge >= 0.3 is 7.75 Å². The number of methoxy groups -OCH3 is 1. The van der Waals surface area contributed by atoms with E-state index >= 15 is 0 Å². The van der Waals surface area contributed by atoms with Crippen molar-refractivity contribution in [2.24, 2.45) is 0 Å². The van der Waals surface area contributed by atoms with Crippen LogP contribution < -0.4 is 10.4 Å². The molecular formula is C8H19N2O5P. The van der Waals surface area contributed by atoms with Crippen LogP contribution in [0.5, 0.6) is 0 Å². The highest BCUT2D eigenvalue weighted by Crippen LogP contribution is 2.27. The van der Waals surface area contributed by atoms with Gasteiger partial charge in [0, 0.05) is 20.6 Å². The van der Waals surface area contributed by atoms with Crippen LogP contribution in [-0.4, -0.2) is 37.0 Å². The van der Waals surface area contributed by atoms with Gasteiger partial charge in [0.15, 0.2) is 0 Å². The summed E-state index contributed by atoms with van der Waals surface area (Å²) >= 11 is 0. The van der Waals surface area contributed by atoms with E-state index < -0.39 is 7.75 Å². The van der Waals surface area contributed by atoms with Crippen molar-refractivity contribution in [2.75, 3.05) is 13.7 Å². The van der Waals surface area contributed by atoms with Crippen LogP contribution in [0.3, 0.4) is 0 Å². The fourth-order valence-electron chi connectivity index (χ4n) is 1.15. The lowest BCUT2D eigenvalue weighted by molar-refractivity contribution is -0.122. The second-order valence-corrected chi connectivity index (χ2v) is 4.71. The summed E-state index contributed by atoms with van der Waals surface area (Å²) in [6, 6.07) is 0. The number of unbranched alkanes of at least 4 members (excludes halogenated alkanes) is 1. The Morgan fingerprint density at radius 2 is 2.31 bits per heavy atom. The van der Waals surface area contributed by atoms with E-state index in [1.165, 1.54) is 14.0 Å². The Kier molecular flexibility index (Phi) is 6.59. The van der Waals surface area contributed by atoms with Gasteiger partial charge in [-0.3, -0.25) is 4.79 Å². The maximum Gasteiger partial charge on any atom is 0.400 e. The van der Waals surface area contributed by atoms with Crippen LogP contribution in [0.1, 0.15) is 26.2 Å². The van der Waals surface area contributed by atoms with E-state index in [0.717, 1.165) is 0 Å². The first-order chi connectivity index (χ1) is 7.91. The minimum Gasteiger partial charge on any atom is -0.362 e. The molecule has 2 atom stereocenters. The lowest BCUT2D eigenvalue weighted by Crippen LogP contribution is -2.34. The number of nitrogens with one attached hydrogen (secondary N) is 2. The van der Waals surface area contributed by atoms with Crippen LogP contribution in [0.15, 0.2) is 0 Å². The molecule has 1 amide bonds. The topological polar surface area (TPSA) is 108 Å². The molecule has 16 heavy (non-hydrogen) atoms. The Labute approximate surface area is 96.3 Å². The number of carbonyl (C=O) groups is 1. The number of rotatable bonds is 9. The third-order valence-electron chi connectivity index (χ3n) is 1.85. The quantitative estimate of drug-likeness (QED) is 0.261. The zero-order valence-electron chi connectivity index (χ0n) is 10.4. The average Bonchev–Trinajstić information content (AvgIpc) is 2.26.